The van der Waals surface area contributed by atoms with Gasteiger partial charge in [0.15, 0.2) is 10.9 Å². The van der Waals surface area contributed by atoms with E-state index in [1.54, 1.807) is 0 Å². The molecule has 1 aliphatic heterocycles. The first-order chi connectivity index (χ1) is 7.96. The van der Waals surface area contributed by atoms with E-state index in [2.05, 4.69) is 10.3 Å². The fraction of sp³-hybridized carbons (Fsp3) is 0.667. The molecule has 1 N–H and O–H groups in total. The summed E-state index contributed by atoms with van der Waals surface area (Å²) in [5, 5.41) is 14.0. The van der Waals surface area contributed by atoms with Crippen molar-refractivity contribution in [2.75, 3.05) is 18.5 Å². The Hall–Kier alpha value is -1.25. The number of thiazole rings is 1. The monoisotopic (exact) mass is 259 g/mol. The van der Waals surface area contributed by atoms with E-state index >= 15 is 0 Å². The fourth-order valence-electron chi connectivity index (χ4n) is 1.50. The highest BCUT2D eigenvalue weighted by Crippen LogP contribution is 2.26. The van der Waals surface area contributed by atoms with E-state index in [9.17, 15) is 10.1 Å². The van der Waals surface area contributed by atoms with Crippen molar-refractivity contribution in [2.24, 2.45) is 0 Å². The van der Waals surface area contributed by atoms with Crippen molar-refractivity contribution in [2.45, 2.75) is 25.7 Å². The molecule has 0 radical (unpaired) electrons. The molecule has 2 rings (SSSR count). The van der Waals surface area contributed by atoms with Crippen LogP contribution in [0.3, 0.4) is 0 Å². The maximum absolute atomic E-state index is 10.5. The topological polar surface area (TPSA) is 86.5 Å². The molecule has 0 spiro atoms. The molecule has 0 amide bonds. The van der Waals surface area contributed by atoms with Gasteiger partial charge in [-0.3, -0.25) is 10.1 Å². The fourth-order valence-corrected chi connectivity index (χ4v) is 2.14. The molecule has 0 aliphatic carbocycles. The summed E-state index contributed by atoms with van der Waals surface area (Å²) >= 11 is 1.01. The second kappa shape index (κ2) is 4.55. The molecule has 1 aromatic rings. The minimum atomic E-state index is -0.554. The van der Waals surface area contributed by atoms with Crippen molar-refractivity contribution in [3.63, 3.8) is 0 Å². The van der Waals surface area contributed by atoms with Gasteiger partial charge >= 0.3 is 5.00 Å². The van der Waals surface area contributed by atoms with Gasteiger partial charge in [-0.1, -0.05) is 0 Å². The number of nitro groups is 1. The zero-order valence-electron chi connectivity index (χ0n) is 9.50. The van der Waals surface area contributed by atoms with Crippen LogP contribution < -0.4 is 5.32 Å². The van der Waals surface area contributed by atoms with E-state index < -0.39 is 10.7 Å². The van der Waals surface area contributed by atoms with Crippen LogP contribution in [0.15, 0.2) is 6.20 Å². The Morgan fingerprint density at radius 3 is 3.06 bits per heavy atom. The van der Waals surface area contributed by atoms with E-state index in [1.165, 1.54) is 6.20 Å². The summed E-state index contributed by atoms with van der Waals surface area (Å²) in [7, 11) is 0. The highest BCUT2D eigenvalue weighted by molar-refractivity contribution is 7.18. The Labute approximate surface area is 102 Å². The molecule has 0 aromatic carbocycles. The highest BCUT2D eigenvalue weighted by atomic mass is 32.1. The number of hydrogen-bond acceptors (Lipinski definition) is 7. The van der Waals surface area contributed by atoms with Gasteiger partial charge in [0, 0.05) is 6.54 Å². The minimum Gasteiger partial charge on any atom is -0.359 e. The summed E-state index contributed by atoms with van der Waals surface area (Å²) in [4.78, 5) is 13.9. The van der Waals surface area contributed by atoms with Crippen molar-refractivity contribution >= 4 is 21.5 Å². The van der Waals surface area contributed by atoms with Crippen LogP contribution in [-0.2, 0) is 9.47 Å². The van der Waals surface area contributed by atoms with Gasteiger partial charge in [-0.2, -0.15) is 0 Å². The summed E-state index contributed by atoms with van der Waals surface area (Å²) in [5.74, 6) is -0.554. The average molecular weight is 259 g/mol. The lowest BCUT2D eigenvalue weighted by atomic mass is 10.4. The molecule has 0 saturated carbocycles. The van der Waals surface area contributed by atoms with Gasteiger partial charge < -0.3 is 14.8 Å². The van der Waals surface area contributed by atoms with Crippen LogP contribution >= 0.6 is 11.3 Å². The van der Waals surface area contributed by atoms with E-state index in [0.717, 1.165) is 11.3 Å². The number of nitrogens with one attached hydrogen (secondary N) is 1. The van der Waals surface area contributed by atoms with Crippen molar-refractivity contribution in [1.82, 2.24) is 4.98 Å². The van der Waals surface area contributed by atoms with Gasteiger partial charge in [0.1, 0.15) is 12.3 Å². The Morgan fingerprint density at radius 1 is 1.76 bits per heavy atom. The number of aromatic nitrogens is 1. The smallest absolute Gasteiger partial charge is 0.345 e. The molecule has 8 heteroatoms. The van der Waals surface area contributed by atoms with Gasteiger partial charge in [0.05, 0.1) is 11.5 Å². The van der Waals surface area contributed by atoms with E-state index in [-0.39, 0.29) is 11.1 Å². The molecule has 2 heterocycles. The first-order valence-electron chi connectivity index (χ1n) is 5.12. The number of rotatable bonds is 4. The summed E-state index contributed by atoms with van der Waals surface area (Å²) in [6.45, 7) is 4.73. The van der Waals surface area contributed by atoms with Crippen LogP contribution in [0, 0.1) is 10.1 Å². The first-order valence-corrected chi connectivity index (χ1v) is 5.94. The van der Waals surface area contributed by atoms with Crippen molar-refractivity contribution in [3.8, 4) is 0 Å². The largest absolute Gasteiger partial charge is 0.359 e. The van der Waals surface area contributed by atoms with Crippen molar-refractivity contribution < 1.29 is 14.4 Å². The van der Waals surface area contributed by atoms with Crippen LogP contribution in [0.2, 0.25) is 0 Å². The third-order valence-corrected chi connectivity index (χ3v) is 3.13. The molecule has 94 valence electrons. The number of ether oxygens (including phenoxy) is 2. The maximum Gasteiger partial charge on any atom is 0.345 e. The van der Waals surface area contributed by atoms with Crippen LogP contribution in [0.5, 0.6) is 0 Å². The molecule has 1 fully saturated rings. The molecule has 0 bridgehead atoms. The number of anilines is 1. The minimum absolute atomic E-state index is 0.0245. The zero-order valence-corrected chi connectivity index (χ0v) is 10.3. The predicted octanol–water partition coefficient (Wildman–Crippen LogP) is 1.61. The zero-order chi connectivity index (χ0) is 12.5. The van der Waals surface area contributed by atoms with Crippen molar-refractivity contribution in [3.05, 3.63) is 16.3 Å². The predicted molar refractivity (Wildman–Crippen MR) is 62.2 cm³/mol. The van der Waals surface area contributed by atoms with E-state index in [0.29, 0.717) is 18.3 Å². The maximum atomic E-state index is 10.5. The highest BCUT2D eigenvalue weighted by Gasteiger charge is 2.32. The summed E-state index contributed by atoms with van der Waals surface area (Å²) in [6.07, 6.45) is 1.18. The first kappa shape index (κ1) is 12.2. The van der Waals surface area contributed by atoms with E-state index in [4.69, 9.17) is 9.47 Å². The molecule has 1 aliphatic rings. The average Bonchev–Trinajstić information content (AvgIpc) is 2.81. The lowest BCUT2D eigenvalue weighted by molar-refractivity contribution is -0.380. The Kier molecular flexibility index (Phi) is 3.27. The van der Waals surface area contributed by atoms with Gasteiger partial charge in [-0.15, -0.1) is 0 Å². The quantitative estimate of drug-likeness (QED) is 0.653. The third-order valence-electron chi connectivity index (χ3n) is 2.22. The Bertz CT molecular complexity index is 420. The second-order valence-corrected chi connectivity index (χ2v) is 5.10. The molecule has 1 unspecified atom stereocenters. The van der Waals surface area contributed by atoms with Crippen LogP contribution in [0.4, 0.5) is 10.1 Å². The van der Waals surface area contributed by atoms with Gasteiger partial charge in [-0.25, -0.2) is 4.98 Å². The van der Waals surface area contributed by atoms with Crippen LogP contribution in [-0.4, -0.2) is 35.0 Å². The summed E-state index contributed by atoms with van der Waals surface area (Å²) in [5.41, 5.74) is 0. The molecule has 1 atom stereocenters. The number of nitrogens with zero attached hydrogens (tertiary/aromatic N) is 2. The summed E-state index contributed by atoms with van der Waals surface area (Å²) < 4.78 is 11.0. The van der Waals surface area contributed by atoms with Crippen LogP contribution in [0.25, 0.3) is 0 Å². The molecule has 1 aromatic heterocycles. The number of hydrogen-bond donors (Lipinski definition) is 1. The normalized spacial score (nSPS) is 22.6. The standard InChI is InChI=1S/C9H13N3O4S/c1-9(2)15-5-6(16-9)3-10-8-11-4-7(17-8)12(13)14/h4,6H,3,5H2,1-2H3,(H,10,11). The Balaban J connectivity index is 1.84. The molecular weight excluding hydrogens is 246 g/mol. The summed E-state index contributed by atoms with van der Waals surface area (Å²) in [6, 6.07) is 0. The second-order valence-electron chi connectivity index (χ2n) is 4.09. The van der Waals surface area contributed by atoms with Gasteiger partial charge in [0.2, 0.25) is 0 Å². The van der Waals surface area contributed by atoms with Crippen LogP contribution in [0.1, 0.15) is 13.8 Å². The van der Waals surface area contributed by atoms with Crippen molar-refractivity contribution in [1.29, 1.82) is 0 Å². The van der Waals surface area contributed by atoms with Gasteiger partial charge in [0.25, 0.3) is 0 Å². The third kappa shape index (κ3) is 3.11. The SMILES string of the molecule is CC1(C)OCC(CNc2ncc([N+](=O)[O-])s2)O1. The van der Waals surface area contributed by atoms with Gasteiger partial charge in [-0.05, 0) is 25.2 Å². The lowest BCUT2D eigenvalue weighted by Gasteiger charge is -2.17. The molecule has 7 nitrogen and oxygen atoms in total. The molecular formula is C9H13N3O4S. The lowest BCUT2D eigenvalue weighted by Crippen LogP contribution is -2.25. The van der Waals surface area contributed by atoms with E-state index in [1.807, 2.05) is 13.8 Å². The molecule has 1 saturated heterocycles. The Morgan fingerprint density at radius 2 is 2.53 bits per heavy atom. The molecule has 17 heavy (non-hydrogen) atoms.